The van der Waals surface area contributed by atoms with Crippen LogP contribution in [0.1, 0.15) is 49.3 Å². The van der Waals surface area contributed by atoms with Crippen LogP contribution in [-0.2, 0) is 6.54 Å². The van der Waals surface area contributed by atoms with E-state index in [0.717, 1.165) is 19.3 Å². The number of aromatic hydroxyl groups is 1. The Morgan fingerprint density at radius 3 is 2.69 bits per heavy atom. The Balaban J connectivity index is 2.47. The van der Waals surface area contributed by atoms with Crippen molar-refractivity contribution in [1.82, 2.24) is 4.57 Å². The highest BCUT2D eigenvalue weighted by Crippen LogP contribution is 2.29. The average molecular weight is 417 g/mol. The smallest absolute Gasteiger partial charge is 0.271 e. The summed E-state index contributed by atoms with van der Waals surface area (Å²) in [5, 5.41) is 30.9. The summed E-state index contributed by atoms with van der Waals surface area (Å²) in [5.74, 6) is -0.273. The predicted molar refractivity (Wildman–Crippen MR) is 111 cm³/mol. The van der Waals surface area contributed by atoms with Gasteiger partial charge in [0.25, 0.3) is 11.2 Å². The summed E-state index contributed by atoms with van der Waals surface area (Å²) in [7, 11) is 0. The Morgan fingerprint density at radius 1 is 1.38 bits per heavy atom. The van der Waals surface area contributed by atoms with Gasteiger partial charge < -0.3 is 5.11 Å². The molecule has 0 amide bonds. The van der Waals surface area contributed by atoms with E-state index in [-0.39, 0.29) is 33.4 Å². The summed E-state index contributed by atoms with van der Waals surface area (Å²) in [6.45, 7) is 3.92. The van der Waals surface area contributed by atoms with E-state index in [1.807, 2.05) is 6.07 Å². The molecule has 0 spiro atoms. The van der Waals surface area contributed by atoms with Crippen molar-refractivity contribution in [1.29, 1.82) is 5.26 Å². The zero-order chi connectivity index (χ0) is 21.6. The van der Waals surface area contributed by atoms with Crippen molar-refractivity contribution in [2.24, 2.45) is 4.99 Å². The summed E-state index contributed by atoms with van der Waals surface area (Å²) in [4.78, 5) is 27.0. The van der Waals surface area contributed by atoms with Crippen LogP contribution < -0.4 is 5.56 Å². The number of nitro groups is 1. The van der Waals surface area contributed by atoms with E-state index in [9.17, 15) is 25.3 Å². The first-order valence-electron chi connectivity index (χ1n) is 9.16. The maximum Gasteiger partial charge on any atom is 0.271 e. The second kappa shape index (κ2) is 9.85. The fourth-order valence-electron chi connectivity index (χ4n) is 2.88. The molecule has 29 heavy (non-hydrogen) atoms. The van der Waals surface area contributed by atoms with Crippen molar-refractivity contribution >= 4 is 29.2 Å². The Hall–Kier alpha value is -3.18. The van der Waals surface area contributed by atoms with E-state index in [1.165, 1.54) is 29.0 Å². The third-order valence-corrected chi connectivity index (χ3v) is 4.86. The molecule has 0 saturated heterocycles. The topological polar surface area (TPSA) is 122 Å². The molecule has 1 N–H and O–H groups in total. The van der Waals surface area contributed by atoms with Gasteiger partial charge in [0.05, 0.1) is 21.2 Å². The zero-order valence-corrected chi connectivity index (χ0v) is 16.9. The molecule has 1 heterocycles. The third-order valence-electron chi connectivity index (χ3n) is 4.56. The number of aromatic nitrogens is 1. The molecule has 0 fully saturated rings. The molecule has 2 aromatic rings. The van der Waals surface area contributed by atoms with Gasteiger partial charge in [-0.2, -0.15) is 5.26 Å². The highest BCUT2D eigenvalue weighted by atomic mass is 35.5. The lowest BCUT2D eigenvalue weighted by atomic mass is 10.1. The maximum atomic E-state index is 12.5. The molecule has 0 aliphatic carbocycles. The molecule has 1 aromatic heterocycles. The number of benzene rings is 1. The molecule has 0 aliphatic heterocycles. The van der Waals surface area contributed by atoms with Crippen LogP contribution in [-0.4, -0.2) is 20.8 Å². The maximum absolute atomic E-state index is 12.5. The number of nitriles is 1. The fourth-order valence-corrected chi connectivity index (χ4v) is 3.10. The monoisotopic (exact) mass is 416 g/mol. The second-order valence-electron chi connectivity index (χ2n) is 6.52. The molecule has 8 nitrogen and oxygen atoms in total. The molecular weight excluding hydrogens is 396 g/mol. The Kier molecular flexibility index (Phi) is 7.51. The van der Waals surface area contributed by atoms with Crippen LogP contribution in [0.15, 0.2) is 28.0 Å². The number of hydrogen-bond acceptors (Lipinski definition) is 6. The van der Waals surface area contributed by atoms with Crippen LogP contribution in [0.4, 0.5) is 11.4 Å². The van der Waals surface area contributed by atoms with Gasteiger partial charge in [-0.05, 0) is 25.0 Å². The summed E-state index contributed by atoms with van der Waals surface area (Å²) in [6, 6.07) is 5.72. The quantitative estimate of drug-likeness (QED) is 0.291. The van der Waals surface area contributed by atoms with Crippen molar-refractivity contribution in [3.63, 3.8) is 0 Å². The first kappa shape index (κ1) is 22.1. The van der Waals surface area contributed by atoms with Gasteiger partial charge in [0.1, 0.15) is 11.6 Å². The molecule has 9 heteroatoms. The van der Waals surface area contributed by atoms with E-state index < -0.39 is 10.5 Å². The highest BCUT2D eigenvalue weighted by Gasteiger charge is 2.18. The summed E-state index contributed by atoms with van der Waals surface area (Å²) >= 11 is 6.04. The number of hydrogen-bond donors (Lipinski definition) is 1. The minimum atomic E-state index is -0.566. The fraction of sp³-hybridized carbons (Fsp3) is 0.350. The Morgan fingerprint density at radius 2 is 2.10 bits per heavy atom. The van der Waals surface area contributed by atoms with E-state index >= 15 is 0 Å². The molecule has 0 atom stereocenters. The van der Waals surface area contributed by atoms with E-state index in [2.05, 4.69) is 11.9 Å². The number of nitrogens with zero attached hydrogens (tertiary/aromatic N) is 4. The molecule has 0 unspecified atom stereocenters. The number of pyridine rings is 1. The van der Waals surface area contributed by atoms with E-state index in [4.69, 9.17) is 11.6 Å². The van der Waals surface area contributed by atoms with Gasteiger partial charge in [-0.15, -0.1) is 0 Å². The first-order valence-corrected chi connectivity index (χ1v) is 9.54. The van der Waals surface area contributed by atoms with Crippen LogP contribution in [0, 0.1) is 28.4 Å². The van der Waals surface area contributed by atoms with Crippen LogP contribution in [0.3, 0.4) is 0 Å². The molecule has 152 valence electrons. The number of unbranched alkanes of at least 4 members (excludes halogenated alkanes) is 3. The van der Waals surface area contributed by atoms with Crippen LogP contribution in [0.2, 0.25) is 5.02 Å². The molecular formula is C20H21ClN4O4. The summed E-state index contributed by atoms with van der Waals surface area (Å²) in [6.07, 6.45) is 4.95. The molecule has 0 aliphatic rings. The minimum Gasteiger partial charge on any atom is -0.494 e. The normalized spacial score (nSPS) is 11.0. The Bertz CT molecular complexity index is 1050. The van der Waals surface area contributed by atoms with Gasteiger partial charge >= 0.3 is 0 Å². The summed E-state index contributed by atoms with van der Waals surface area (Å²) < 4.78 is 1.18. The minimum absolute atomic E-state index is 0.0606. The van der Waals surface area contributed by atoms with Gasteiger partial charge in [0, 0.05) is 24.9 Å². The van der Waals surface area contributed by atoms with Crippen molar-refractivity contribution in [3.8, 4) is 11.9 Å². The predicted octanol–water partition coefficient (Wildman–Crippen LogP) is 4.63. The Labute approximate surface area is 172 Å². The second-order valence-corrected chi connectivity index (χ2v) is 6.92. The number of halogens is 1. The van der Waals surface area contributed by atoms with Crippen LogP contribution in [0.5, 0.6) is 5.88 Å². The number of rotatable bonds is 8. The van der Waals surface area contributed by atoms with Gasteiger partial charge in [-0.3, -0.25) is 24.5 Å². The van der Waals surface area contributed by atoms with Crippen molar-refractivity contribution in [2.45, 2.75) is 46.1 Å². The van der Waals surface area contributed by atoms with E-state index in [1.54, 1.807) is 6.92 Å². The summed E-state index contributed by atoms with van der Waals surface area (Å²) in [5.41, 5.74) is 0.0300. The lowest BCUT2D eigenvalue weighted by molar-refractivity contribution is -0.384. The van der Waals surface area contributed by atoms with E-state index in [0.29, 0.717) is 18.5 Å². The number of aliphatic imine (C=N–C) groups is 1. The molecule has 0 radical (unpaired) electrons. The average Bonchev–Trinajstić information content (AvgIpc) is 2.68. The van der Waals surface area contributed by atoms with Crippen LogP contribution in [0.25, 0.3) is 0 Å². The van der Waals surface area contributed by atoms with Crippen molar-refractivity contribution in [3.05, 3.63) is 60.4 Å². The van der Waals surface area contributed by atoms with Gasteiger partial charge in [0.2, 0.25) is 5.88 Å². The molecule has 2 rings (SSSR count). The SMILES string of the molecule is CCCCCCn1c(O)c(C=Nc2ccc([N+](=O)[O-])cc2Cl)c(C)c(C#N)c1=O. The zero-order valence-electron chi connectivity index (χ0n) is 16.2. The van der Waals surface area contributed by atoms with Gasteiger partial charge in [-0.25, -0.2) is 0 Å². The van der Waals surface area contributed by atoms with Crippen LogP contribution >= 0.6 is 11.6 Å². The van der Waals surface area contributed by atoms with Gasteiger partial charge in [0.15, 0.2) is 0 Å². The third kappa shape index (κ3) is 5.00. The lowest BCUT2D eigenvalue weighted by Crippen LogP contribution is -2.25. The first-order chi connectivity index (χ1) is 13.8. The lowest BCUT2D eigenvalue weighted by Gasteiger charge is -2.14. The van der Waals surface area contributed by atoms with Gasteiger partial charge in [-0.1, -0.05) is 37.8 Å². The number of nitro benzene ring substituents is 1. The largest absolute Gasteiger partial charge is 0.494 e. The van der Waals surface area contributed by atoms with Crippen molar-refractivity contribution < 1.29 is 10.0 Å². The number of non-ortho nitro benzene ring substituents is 1. The molecule has 1 aromatic carbocycles. The molecule has 0 bridgehead atoms. The molecule has 0 saturated carbocycles. The van der Waals surface area contributed by atoms with Crippen molar-refractivity contribution in [2.75, 3.05) is 0 Å². The standard InChI is InChI=1S/C20H21ClN4O4/c1-3-4-5-6-9-24-19(26)15(11-22)13(2)16(20(24)27)12-23-18-8-7-14(25(28)29)10-17(18)21/h7-8,10,12,27H,3-6,9H2,1-2H3. The highest BCUT2D eigenvalue weighted by molar-refractivity contribution is 6.33.